The van der Waals surface area contributed by atoms with E-state index in [1.165, 1.54) is 109 Å². The minimum absolute atomic E-state index is 0. The van der Waals surface area contributed by atoms with Crippen molar-refractivity contribution in [3.05, 3.63) is 0 Å². The highest BCUT2D eigenvalue weighted by molar-refractivity contribution is 6.60. The van der Waals surface area contributed by atoms with Gasteiger partial charge in [0.05, 0.1) is 27.2 Å². The summed E-state index contributed by atoms with van der Waals surface area (Å²) in [5, 5.41) is 0. The van der Waals surface area contributed by atoms with E-state index in [0.29, 0.717) is 0 Å². The molecule has 0 bridgehead atoms. The summed E-state index contributed by atoms with van der Waals surface area (Å²) in [4.78, 5) is 0. The van der Waals surface area contributed by atoms with Crippen LogP contribution in [0.2, 0.25) is 6.04 Å². The van der Waals surface area contributed by atoms with Crippen molar-refractivity contribution in [2.24, 2.45) is 0 Å². The molecule has 32 heavy (non-hydrogen) atoms. The minimum Gasteiger partial charge on any atom is -1.00 e. The van der Waals surface area contributed by atoms with Crippen molar-refractivity contribution in [3.8, 4) is 0 Å². The van der Waals surface area contributed by atoms with Crippen molar-refractivity contribution in [3.63, 3.8) is 0 Å². The van der Waals surface area contributed by atoms with Crippen LogP contribution >= 0.6 is 0 Å². The van der Waals surface area contributed by atoms with Gasteiger partial charge in [0.2, 0.25) is 0 Å². The lowest BCUT2D eigenvalue weighted by Gasteiger charge is -2.31. The van der Waals surface area contributed by atoms with Crippen LogP contribution in [0.15, 0.2) is 0 Å². The van der Waals surface area contributed by atoms with Gasteiger partial charge in [-0.2, -0.15) is 0 Å². The average molecular weight is 480 g/mol. The van der Waals surface area contributed by atoms with E-state index in [9.17, 15) is 0 Å². The molecule has 0 aromatic carbocycles. The smallest absolute Gasteiger partial charge is 0.500 e. The van der Waals surface area contributed by atoms with Gasteiger partial charge in [-0.1, -0.05) is 96.8 Å². The van der Waals surface area contributed by atoms with Crippen molar-refractivity contribution in [1.82, 2.24) is 0 Å². The summed E-state index contributed by atoms with van der Waals surface area (Å²) in [7, 11) is 7.40. The van der Waals surface area contributed by atoms with Gasteiger partial charge < -0.3 is 22.5 Å². The zero-order chi connectivity index (χ0) is 23.3. The quantitative estimate of drug-likeness (QED) is 0.115. The van der Waals surface area contributed by atoms with Crippen LogP contribution < -0.4 is 4.70 Å². The molecule has 0 radical (unpaired) electrons. The van der Waals surface area contributed by atoms with E-state index in [1.807, 2.05) is 0 Å². The fourth-order valence-electron chi connectivity index (χ4n) is 4.48. The Bertz CT molecular complexity index is 374. The van der Waals surface area contributed by atoms with E-state index in [0.717, 1.165) is 23.5 Å². The van der Waals surface area contributed by atoms with Crippen LogP contribution in [-0.2, 0) is 13.3 Å². The number of unbranched alkanes of at least 4 members (excludes halogenated alkanes) is 15. The third kappa shape index (κ3) is 19.5. The zero-order valence-corrected chi connectivity index (χ0v) is 23.7. The SMILES string of the molecule is CCCCCCCCCCCCCCCCCC[N+](C)(C)CCC[Si](OC)(OC)OC.[F-]. The molecule has 0 saturated heterocycles. The van der Waals surface area contributed by atoms with Gasteiger partial charge in [-0.15, -0.1) is 0 Å². The second-order valence-electron chi connectivity index (χ2n) is 10.1. The first-order valence-corrected chi connectivity index (χ1v) is 15.4. The largest absolute Gasteiger partial charge is 1.00 e. The van der Waals surface area contributed by atoms with Crippen LogP contribution in [-0.4, -0.2) is 61.8 Å². The maximum absolute atomic E-state index is 5.53. The first kappa shape index (κ1) is 34.2. The number of hydrogen-bond acceptors (Lipinski definition) is 3. The van der Waals surface area contributed by atoms with Crippen LogP contribution in [0.25, 0.3) is 0 Å². The van der Waals surface area contributed by atoms with Crippen molar-refractivity contribution in [1.29, 1.82) is 0 Å². The summed E-state index contributed by atoms with van der Waals surface area (Å²) in [5.41, 5.74) is 0. The van der Waals surface area contributed by atoms with Crippen molar-refractivity contribution in [2.45, 2.75) is 122 Å². The fraction of sp³-hybridized carbons (Fsp3) is 1.00. The Morgan fingerprint density at radius 3 is 1.16 bits per heavy atom. The first-order valence-electron chi connectivity index (χ1n) is 13.4. The van der Waals surface area contributed by atoms with Gasteiger partial charge in [0, 0.05) is 33.8 Å². The molecule has 0 amide bonds. The highest BCUT2D eigenvalue weighted by Gasteiger charge is 2.37. The van der Waals surface area contributed by atoms with Crippen molar-refractivity contribution < 1.29 is 22.5 Å². The van der Waals surface area contributed by atoms with E-state index in [2.05, 4.69) is 21.0 Å². The molecular formula is C26H58FNO3Si. The number of hydrogen-bond donors (Lipinski definition) is 0. The lowest BCUT2D eigenvalue weighted by atomic mass is 10.0. The van der Waals surface area contributed by atoms with Crippen molar-refractivity contribution >= 4 is 8.80 Å². The molecule has 0 rings (SSSR count). The molecule has 0 aromatic heterocycles. The van der Waals surface area contributed by atoms with E-state index in [-0.39, 0.29) is 4.70 Å². The molecule has 0 aliphatic heterocycles. The topological polar surface area (TPSA) is 27.7 Å². The normalized spacial score (nSPS) is 12.2. The van der Waals surface area contributed by atoms with Gasteiger partial charge in [-0.05, 0) is 12.8 Å². The lowest BCUT2D eigenvalue weighted by Crippen LogP contribution is -3.00. The Morgan fingerprint density at radius 1 is 0.500 bits per heavy atom. The van der Waals surface area contributed by atoms with E-state index < -0.39 is 8.80 Å². The third-order valence-electron chi connectivity index (χ3n) is 6.80. The standard InChI is InChI=1S/C26H58NO3Si.FH/c1-7-8-9-10-11-12-13-14-15-16-17-18-19-20-21-22-24-27(2,3)25-23-26-31(28-4,29-5)30-6;/h7-26H2,1-6H3;1H/q+1;/p-1. The molecule has 6 heteroatoms. The van der Waals surface area contributed by atoms with Crippen LogP contribution in [0.5, 0.6) is 0 Å². The molecule has 0 saturated carbocycles. The fourth-order valence-corrected chi connectivity index (χ4v) is 6.18. The molecule has 196 valence electrons. The van der Waals surface area contributed by atoms with Gasteiger partial charge in [-0.3, -0.25) is 0 Å². The van der Waals surface area contributed by atoms with Gasteiger partial charge in [0.15, 0.2) is 0 Å². The van der Waals surface area contributed by atoms with Gasteiger partial charge in [-0.25, -0.2) is 0 Å². The van der Waals surface area contributed by atoms with Crippen LogP contribution in [0.4, 0.5) is 0 Å². The third-order valence-corrected chi connectivity index (χ3v) is 9.63. The van der Waals surface area contributed by atoms with Gasteiger partial charge in [0.1, 0.15) is 0 Å². The predicted octanol–water partition coefficient (Wildman–Crippen LogP) is 4.60. The number of halogens is 1. The first-order chi connectivity index (χ1) is 14.9. The number of quaternary nitrogens is 1. The van der Waals surface area contributed by atoms with Crippen LogP contribution in [0, 0.1) is 0 Å². The van der Waals surface area contributed by atoms with Gasteiger partial charge >= 0.3 is 8.80 Å². The molecule has 0 spiro atoms. The summed E-state index contributed by atoms with van der Waals surface area (Å²) in [6.45, 7) is 4.72. The van der Waals surface area contributed by atoms with E-state index in [1.54, 1.807) is 21.3 Å². The zero-order valence-electron chi connectivity index (χ0n) is 22.7. The molecule has 0 aromatic rings. The van der Waals surface area contributed by atoms with Crippen molar-refractivity contribution in [2.75, 3.05) is 48.5 Å². The summed E-state index contributed by atoms with van der Waals surface area (Å²) < 4.78 is 17.7. The second-order valence-corrected chi connectivity index (χ2v) is 13.2. The Balaban J connectivity index is 0. The second kappa shape index (κ2) is 22.8. The predicted molar refractivity (Wildman–Crippen MR) is 138 cm³/mol. The Morgan fingerprint density at radius 2 is 0.812 bits per heavy atom. The monoisotopic (exact) mass is 479 g/mol. The lowest BCUT2D eigenvalue weighted by molar-refractivity contribution is -0.890. The maximum Gasteiger partial charge on any atom is 0.500 e. The highest BCUT2D eigenvalue weighted by atomic mass is 28.4. The van der Waals surface area contributed by atoms with Gasteiger partial charge in [0.25, 0.3) is 0 Å². The minimum atomic E-state index is -2.40. The number of nitrogens with zero attached hydrogens (tertiary/aromatic N) is 1. The molecule has 0 unspecified atom stereocenters. The molecular weight excluding hydrogens is 421 g/mol. The molecule has 0 N–H and O–H groups in total. The molecule has 0 heterocycles. The Labute approximate surface area is 202 Å². The molecule has 0 aliphatic rings. The number of rotatable bonds is 24. The summed E-state index contributed by atoms with van der Waals surface area (Å²) in [6, 6.07) is 0.900. The Hall–Kier alpha value is -0.0131. The molecule has 4 nitrogen and oxygen atoms in total. The summed E-state index contributed by atoms with van der Waals surface area (Å²) in [6.07, 6.45) is 24.0. The summed E-state index contributed by atoms with van der Waals surface area (Å²) >= 11 is 0. The molecule has 0 aliphatic carbocycles. The van der Waals surface area contributed by atoms with E-state index in [4.69, 9.17) is 13.3 Å². The van der Waals surface area contributed by atoms with E-state index >= 15 is 0 Å². The Kier molecular flexibility index (Phi) is 24.3. The van der Waals surface area contributed by atoms with Crippen LogP contribution in [0.1, 0.15) is 116 Å². The maximum atomic E-state index is 5.53. The average Bonchev–Trinajstić information content (AvgIpc) is 2.76. The van der Waals surface area contributed by atoms with Crippen LogP contribution in [0.3, 0.4) is 0 Å². The molecule has 0 atom stereocenters. The summed E-state index contributed by atoms with van der Waals surface area (Å²) in [5.74, 6) is 0. The highest BCUT2D eigenvalue weighted by Crippen LogP contribution is 2.17. The molecule has 0 fully saturated rings.